The van der Waals surface area contributed by atoms with Crippen LogP contribution in [0.2, 0.25) is 0 Å². The molecule has 3 rings (SSSR count). The minimum Gasteiger partial charge on any atom is -0.461 e. The first kappa shape index (κ1) is 14.1. The maximum absolute atomic E-state index is 12.4. The Labute approximate surface area is 125 Å². The number of furan rings is 1. The molecule has 1 aromatic carbocycles. The van der Waals surface area contributed by atoms with Crippen LogP contribution in [0.4, 0.5) is 0 Å². The van der Waals surface area contributed by atoms with Crippen LogP contribution in [0, 0.1) is 6.92 Å². The maximum Gasteiger partial charge on any atom is 0.251 e. The lowest BCUT2D eigenvalue weighted by molar-refractivity contribution is 0.0938. The van der Waals surface area contributed by atoms with E-state index in [0.717, 1.165) is 49.2 Å². The Kier molecular flexibility index (Phi) is 3.97. The van der Waals surface area contributed by atoms with E-state index in [-0.39, 0.29) is 11.9 Å². The van der Waals surface area contributed by atoms with Gasteiger partial charge in [-0.1, -0.05) is 6.92 Å². The highest BCUT2D eigenvalue weighted by Crippen LogP contribution is 2.20. The molecule has 0 saturated carbocycles. The fraction of sp³-hybridized carbons (Fsp3) is 0.471. The fourth-order valence-electron chi connectivity index (χ4n) is 3.06. The van der Waals surface area contributed by atoms with Crippen molar-refractivity contribution >= 4 is 16.9 Å². The molecule has 2 heterocycles. The summed E-state index contributed by atoms with van der Waals surface area (Å²) in [6.07, 6.45) is 2.20. The molecular formula is C17H22N2O2. The number of carbonyl (C=O) groups is 1. The molecule has 1 atom stereocenters. The number of nitrogens with zero attached hydrogens (tertiary/aromatic N) is 1. The van der Waals surface area contributed by atoms with Gasteiger partial charge in [0.2, 0.25) is 0 Å². The summed E-state index contributed by atoms with van der Waals surface area (Å²) in [5.74, 6) is 0.882. The molecule has 1 N–H and O–H groups in total. The number of fused-ring (bicyclic) bond motifs is 1. The van der Waals surface area contributed by atoms with E-state index in [1.54, 1.807) is 0 Å². The smallest absolute Gasteiger partial charge is 0.251 e. The predicted molar refractivity (Wildman–Crippen MR) is 83.6 cm³/mol. The van der Waals surface area contributed by atoms with Crippen molar-refractivity contribution in [3.05, 3.63) is 35.6 Å². The van der Waals surface area contributed by atoms with Crippen LogP contribution in [-0.2, 0) is 0 Å². The van der Waals surface area contributed by atoms with Crippen LogP contribution in [0.1, 0.15) is 35.9 Å². The number of hydrogen-bond acceptors (Lipinski definition) is 3. The third-order valence-corrected chi connectivity index (χ3v) is 4.05. The lowest BCUT2D eigenvalue weighted by Crippen LogP contribution is -2.37. The Morgan fingerprint density at radius 1 is 1.43 bits per heavy atom. The Balaban J connectivity index is 1.66. The maximum atomic E-state index is 12.4. The van der Waals surface area contributed by atoms with E-state index in [2.05, 4.69) is 17.1 Å². The SMILES string of the molecule is CCCN1CC[C@H](NC(=O)c2ccc3oc(C)cc3c2)C1. The first-order chi connectivity index (χ1) is 10.2. The van der Waals surface area contributed by atoms with Gasteiger partial charge < -0.3 is 14.6 Å². The van der Waals surface area contributed by atoms with Crippen molar-refractivity contribution in [2.24, 2.45) is 0 Å². The van der Waals surface area contributed by atoms with Gasteiger partial charge in [-0.2, -0.15) is 0 Å². The monoisotopic (exact) mass is 286 g/mol. The molecule has 112 valence electrons. The molecule has 4 nitrogen and oxygen atoms in total. The summed E-state index contributed by atoms with van der Waals surface area (Å²) in [4.78, 5) is 14.8. The molecule has 0 aliphatic carbocycles. The molecule has 0 radical (unpaired) electrons. The van der Waals surface area contributed by atoms with E-state index in [0.29, 0.717) is 5.56 Å². The molecule has 0 unspecified atom stereocenters. The summed E-state index contributed by atoms with van der Waals surface area (Å²) in [7, 11) is 0. The Morgan fingerprint density at radius 3 is 3.10 bits per heavy atom. The van der Waals surface area contributed by atoms with Gasteiger partial charge in [0.15, 0.2) is 0 Å². The quantitative estimate of drug-likeness (QED) is 0.940. The molecule has 1 aliphatic rings. The van der Waals surface area contributed by atoms with Crippen LogP contribution in [0.25, 0.3) is 11.0 Å². The van der Waals surface area contributed by atoms with E-state index >= 15 is 0 Å². The molecular weight excluding hydrogens is 264 g/mol. The molecule has 2 aromatic rings. The van der Waals surface area contributed by atoms with Crippen molar-refractivity contribution in [1.82, 2.24) is 10.2 Å². The lowest BCUT2D eigenvalue weighted by Gasteiger charge is -2.15. The van der Waals surface area contributed by atoms with Gasteiger partial charge in [0.05, 0.1) is 0 Å². The first-order valence-corrected chi connectivity index (χ1v) is 7.69. The van der Waals surface area contributed by atoms with Crippen LogP contribution in [0.5, 0.6) is 0 Å². The van der Waals surface area contributed by atoms with Gasteiger partial charge in [-0.05, 0) is 50.6 Å². The molecule has 4 heteroatoms. The third kappa shape index (κ3) is 3.10. The van der Waals surface area contributed by atoms with Gasteiger partial charge in [-0.3, -0.25) is 4.79 Å². The number of aryl methyl sites for hydroxylation is 1. The van der Waals surface area contributed by atoms with Crippen LogP contribution < -0.4 is 5.32 Å². The van der Waals surface area contributed by atoms with E-state index in [1.807, 2.05) is 31.2 Å². The van der Waals surface area contributed by atoms with Crippen molar-refractivity contribution in [2.45, 2.75) is 32.7 Å². The largest absolute Gasteiger partial charge is 0.461 e. The van der Waals surface area contributed by atoms with Crippen molar-refractivity contribution in [3.63, 3.8) is 0 Å². The van der Waals surface area contributed by atoms with Crippen LogP contribution in [0.3, 0.4) is 0 Å². The van der Waals surface area contributed by atoms with Gasteiger partial charge in [0, 0.05) is 30.1 Å². The van der Waals surface area contributed by atoms with E-state index in [9.17, 15) is 4.79 Å². The second-order valence-electron chi connectivity index (χ2n) is 5.87. The van der Waals surface area contributed by atoms with Crippen molar-refractivity contribution in [2.75, 3.05) is 19.6 Å². The summed E-state index contributed by atoms with van der Waals surface area (Å²) >= 11 is 0. The predicted octanol–water partition coefficient (Wildman–Crippen LogP) is 2.96. The van der Waals surface area contributed by atoms with E-state index in [4.69, 9.17) is 4.42 Å². The summed E-state index contributed by atoms with van der Waals surface area (Å²) in [5, 5.41) is 4.13. The van der Waals surface area contributed by atoms with Crippen LogP contribution >= 0.6 is 0 Å². The van der Waals surface area contributed by atoms with Crippen LogP contribution in [0.15, 0.2) is 28.7 Å². The van der Waals surface area contributed by atoms with Gasteiger partial charge in [-0.25, -0.2) is 0 Å². The Bertz CT molecular complexity index is 647. The summed E-state index contributed by atoms with van der Waals surface area (Å²) in [6.45, 7) is 7.27. The van der Waals surface area contributed by atoms with Gasteiger partial charge >= 0.3 is 0 Å². The molecule has 21 heavy (non-hydrogen) atoms. The highest BCUT2D eigenvalue weighted by molar-refractivity contribution is 5.98. The average Bonchev–Trinajstić information content (AvgIpc) is 3.03. The van der Waals surface area contributed by atoms with Crippen molar-refractivity contribution in [3.8, 4) is 0 Å². The van der Waals surface area contributed by atoms with Crippen LogP contribution in [-0.4, -0.2) is 36.5 Å². The zero-order valence-corrected chi connectivity index (χ0v) is 12.7. The topological polar surface area (TPSA) is 45.5 Å². The number of rotatable bonds is 4. The second kappa shape index (κ2) is 5.90. The zero-order valence-electron chi connectivity index (χ0n) is 12.7. The van der Waals surface area contributed by atoms with E-state index < -0.39 is 0 Å². The average molecular weight is 286 g/mol. The van der Waals surface area contributed by atoms with E-state index in [1.165, 1.54) is 0 Å². The molecule has 1 amide bonds. The van der Waals surface area contributed by atoms with Gasteiger partial charge in [0.25, 0.3) is 5.91 Å². The zero-order chi connectivity index (χ0) is 14.8. The van der Waals surface area contributed by atoms with Gasteiger partial charge in [0.1, 0.15) is 11.3 Å². The fourth-order valence-corrected chi connectivity index (χ4v) is 3.06. The summed E-state index contributed by atoms with van der Waals surface area (Å²) in [6, 6.07) is 7.84. The molecule has 1 aliphatic heterocycles. The number of carbonyl (C=O) groups excluding carboxylic acids is 1. The Hall–Kier alpha value is -1.81. The summed E-state index contributed by atoms with van der Waals surface area (Å²) < 4.78 is 5.54. The third-order valence-electron chi connectivity index (χ3n) is 4.05. The number of amides is 1. The van der Waals surface area contributed by atoms with Gasteiger partial charge in [-0.15, -0.1) is 0 Å². The second-order valence-corrected chi connectivity index (χ2v) is 5.87. The Morgan fingerprint density at radius 2 is 2.29 bits per heavy atom. The molecule has 0 spiro atoms. The molecule has 1 saturated heterocycles. The number of likely N-dealkylation sites (tertiary alicyclic amines) is 1. The highest BCUT2D eigenvalue weighted by Gasteiger charge is 2.23. The number of benzene rings is 1. The summed E-state index contributed by atoms with van der Waals surface area (Å²) in [5.41, 5.74) is 1.54. The minimum absolute atomic E-state index is 0.0131. The number of nitrogens with one attached hydrogen (secondary N) is 1. The lowest BCUT2D eigenvalue weighted by atomic mass is 10.1. The highest BCUT2D eigenvalue weighted by atomic mass is 16.3. The molecule has 1 aromatic heterocycles. The standard InChI is InChI=1S/C17H22N2O2/c1-3-7-19-8-6-15(11-19)18-17(20)13-4-5-16-14(10-13)9-12(2)21-16/h4-5,9-10,15H,3,6-8,11H2,1-2H3,(H,18,20)/t15-/m0/s1. The minimum atomic E-state index is 0.0131. The van der Waals surface area contributed by atoms with Crippen molar-refractivity contribution in [1.29, 1.82) is 0 Å². The molecule has 1 fully saturated rings. The first-order valence-electron chi connectivity index (χ1n) is 7.69. The van der Waals surface area contributed by atoms with Crippen molar-refractivity contribution < 1.29 is 9.21 Å². The molecule has 0 bridgehead atoms. The normalized spacial score (nSPS) is 19.2. The number of hydrogen-bond donors (Lipinski definition) is 1.